The van der Waals surface area contributed by atoms with E-state index in [-0.39, 0.29) is 40.8 Å². The first-order valence-electron chi connectivity index (χ1n) is 13.3. The van der Waals surface area contributed by atoms with Gasteiger partial charge in [-0.25, -0.2) is 0 Å². The Balaban J connectivity index is 1.34. The molecule has 2 aromatic carbocycles. The number of nitrogens with one attached hydrogen (secondary N) is 2. The van der Waals surface area contributed by atoms with E-state index in [1.807, 2.05) is 6.07 Å². The van der Waals surface area contributed by atoms with Gasteiger partial charge in [-0.1, -0.05) is 36.4 Å². The van der Waals surface area contributed by atoms with E-state index in [0.29, 0.717) is 5.75 Å². The van der Waals surface area contributed by atoms with Gasteiger partial charge in [-0.3, -0.25) is 9.69 Å². The molecule has 3 aliphatic carbocycles. The van der Waals surface area contributed by atoms with Gasteiger partial charge in [-0.2, -0.15) is 0 Å². The van der Waals surface area contributed by atoms with Crippen LogP contribution in [0.5, 0.6) is 11.5 Å². The minimum atomic E-state index is -0.381. The summed E-state index contributed by atoms with van der Waals surface area (Å²) >= 11 is 0. The monoisotopic (exact) mass is 473 g/mol. The molecule has 2 saturated carbocycles. The first-order chi connectivity index (χ1) is 17.0. The molecule has 3 fully saturated rings. The van der Waals surface area contributed by atoms with E-state index in [1.165, 1.54) is 29.5 Å². The molecule has 5 aliphatic rings. The van der Waals surface area contributed by atoms with Crippen molar-refractivity contribution in [1.29, 1.82) is 0 Å². The maximum atomic E-state index is 12.8. The first kappa shape index (κ1) is 21.7. The van der Waals surface area contributed by atoms with Gasteiger partial charge in [0.15, 0.2) is 11.5 Å². The Morgan fingerprint density at radius 2 is 1.97 bits per heavy atom. The highest BCUT2D eigenvalue weighted by Crippen LogP contribution is 2.65. The molecular formula is C29H35N3O3. The Hall–Kier alpha value is -2.57. The number of amides is 1. The van der Waals surface area contributed by atoms with Crippen LogP contribution in [-0.4, -0.2) is 52.7 Å². The largest absolute Gasteiger partial charge is 0.504 e. The van der Waals surface area contributed by atoms with Crippen LogP contribution in [0.1, 0.15) is 55.7 Å². The van der Waals surface area contributed by atoms with E-state index in [2.05, 4.69) is 45.9 Å². The number of aromatic hydroxyl groups is 1. The van der Waals surface area contributed by atoms with Gasteiger partial charge in [0, 0.05) is 37.7 Å². The highest BCUT2D eigenvalue weighted by atomic mass is 16.5. The molecule has 2 aliphatic heterocycles. The van der Waals surface area contributed by atoms with Crippen molar-refractivity contribution >= 4 is 5.91 Å². The van der Waals surface area contributed by atoms with Crippen LogP contribution in [-0.2, 0) is 23.2 Å². The minimum absolute atomic E-state index is 0.0362. The predicted octanol–water partition coefficient (Wildman–Crippen LogP) is 3.26. The Kier molecular flexibility index (Phi) is 4.78. The summed E-state index contributed by atoms with van der Waals surface area (Å²) in [5.74, 6) is 1.72. The molecule has 0 aromatic heterocycles. The lowest BCUT2D eigenvalue weighted by atomic mass is 9.46. The fourth-order valence-electron chi connectivity index (χ4n) is 8.15. The zero-order valence-electron chi connectivity index (χ0n) is 20.4. The lowest BCUT2D eigenvalue weighted by molar-refractivity contribution is -0.135. The van der Waals surface area contributed by atoms with E-state index in [0.717, 1.165) is 51.2 Å². The van der Waals surface area contributed by atoms with Crippen molar-refractivity contribution < 1.29 is 14.6 Å². The summed E-state index contributed by atoms with van der Waals surface area (Å²) in [4.78, 5) is 15.5. The number of nitrogens with zero attached hydrogens (tertiary/aromatic N) is 1. The Bertz CT molecular complexity index is 1170. The summed E-state index contributed by atoms with van der Waals surface area (Å²) in [5, 5.41) is 18.3. The van der Waals surface area contributed by atoms with Gasteiger partial charge in [0.25, 0.3) is 0 Å². The van der Waals surface area contributed by atoms with Gasteiger partial charge in [0.1, 0.15) is 6.10 Å². The van der Waals surface area contributed by atoms with Crippen molar-refractivity contribution in [1.82, 2.24) is 15.5 Å². The number of benzene rings is 2. The Labute approximate surface area is 207 Å². The third-order valence-corrected chi connectivity index (χ3v) is 9.63. The summed E-state index contributed by atoms with van der Waals surface area (Å²) in [6.45, 7) is 4.59. The van der Waals surface area contributed by atoms with Gasteiger partial charge in [0.2, 0.25) is 5.91 Å². The fourth-order valence-corrected chi connectivity index (χ4v) is 8.15. The predicted molar refractivity (Wildman–Crippen MR) is 133 cm³/mol. The normalized spacial score (nSPS) is 34.7. The van der Waals surface area contributed by atoms with E-state index >= 15 is 0 Å². The second-order valence-electron chi connectivity index (χ2n) is 11.5. The molecule has 0 radical (unpaired) electrons. The standard InChI is InChI=1S/C29H35N3O3/c1-18(33)31-29-12-11-22(30-16-19-5-3-2-4-6-19)27-28(29)13-14-32(17-20-7-8-20)24(29)15-21-9-10-23(34)26(35-27)25(21)28/h2-6,9-10,20,22,24,27,30,34H,7-8,11-17H2,1H3,(H,31,33)/t22-,24-,27+,28+,29-/m1/s1. The number of phenols is 1. The molecule has 3 N–H and O–H groups in total. The molecule has 2 bridgehead atoms. The number of likely N-dealkylation sites (tertiary alicyclic amines) is 1. The number of carbonyl (C=O) groups is 1. The van der Waals surface area contributed by atoms with E-state index < -0.39 is 0 Å². The Morgan fingerprint density at radius 3 is 2.74 bits per heavy atom. The molecule has 1 spiro atoms. The average molecular weight is 474 g/mol. The van der Waals surface area contributed by atoms with Crippen LogP contribution in [0.25, 0.3) is 0 Å². The fraction of sp³-hybridized carbons (Fsp3) is 0.552. The highest BCUT2D eigenvalue weighted by Gasteiger charge is 2.73. The first-order valence-corrected chi connectivity index (χ1v) is 13.3. The second-order valence-corrected chi connectivity index (χ2v) is 11.5. The lowest BCUT2D eigenvalue weighted by Gasteiger charge is -2.66. The number of hydrogen-bond donors (Lipinski definition) is 3. The maximum absolute atomic E-state index is 12.8. The van der Waals surface area contributed by atoms with Crippen LogP contribution in [0.3, 0.4) is 0 Å². The van der Waals surface area contributed by atoms with Crippen molar-refractivity contribution in [2.45, 2.75) is 81.1 Å². The lowest BCUT2D eigenvalue weighted by Crippen LogP contribution is -2.82. The highest BCUT2D eigenvalue weighted by molar-refractivity contribution is 5.76. The van der Waals surface area contributed by atoms with E-state index in [1.54, 1.807) is 13.0 Å². The van der Waals surface area contributed by atoms with Gasteiger partial charge >= 0.3 is 0 Å². The molecule has 2 heterocycles. The molecule has 6 nitrogen and oxygen atoms in total. The number of carbonyl (C=O) groups excluding carboxylic acids is 1. The minimum Gasteiger partial charge on any atom is -0.504 e. The summed E-state index contributed by atoms with van der Waals surface area (Å²) in [7, 11) is 0. The van der Waals surface area contributed by atoms with Crippen LogP contribution in [0.15, 0.2) is 42.5 Å². The van der Waals surface area contributed by atoms with Crippen LogP contribution >= 0.6 is 0 Å². The van der Waals surface area contributed by atoms with Crippen LogP contribution in [0.4, 0.5) is 0 Å². The smallest absolute Gasteiger partial charge is 0.217 e. The third-order valence-electron chi connectivity index (χ3n) is 9.63. The van der Waals surface area contributed by atoms with Gasteiger partial charge in [0.05, 0.1) is 11.0 Å². The van der Waals surface area contributed by atoms with Gasteiger partial charge in [-0.15, -0.1) is 0 Å². The summed E-state index contributed by atoms with van der Waals surface area (Å²) in [6, 6.07) is 14.8. The third kappa shape index (κ3) is 3.05. The number of phenolic OH excluding ortho intramolecular Hbond substituents is 1. The Morgan fingerprint density at radius 1 is 1.14 bits per heavy atom. The van der Waals surface area contributed by atoms with E-state index in [9.17, 15) is 9.90 Å². The average Bonchev–Trinajstić information content (AvgIpc) is 3.59. The van der Waals surface area contributed by atoms with Crippen LogP contribution < -0.4 is 15.4 Å². The summed E-state index contributed by atoms with van der Waals surface area (Å²) in [6.07, 6.45) is 6.21. The zero-order chi connectivity index (χ0) is 23.8. The van der Waals surface area contributed by atoms with Crippen molar-refractivity contribution in [2.75, 3.05) is 13.1 Å². The SMILES string of the molecule is CC(=O)N[C@@]12CC[C@@H](NCc3ccccc3)[C@@H]3Oc4c(O)ccc5c4[C@@]31CCN(CC1CC1)[C@@H]2C5. The van der Waals surface area contributed by atoms with Crippen molar-refractivity contribution in [2.24, 2.45) is 5.92 Å². The molecule has 1 amide bonds. The molecule has 184 valence electrons. The molecule has 2 aromatic rings. The summed E-state index contributed by atoms with van der Waals surface area (Å²) in [5.41, 5.74) is 2.99. The maximum Gasteiger partial charge on any atom is 0.217 e. The topological polar surface area (TPSA) is 73.8 Å². The van der Waals surface area contributed by atoms with Crippen molar-refractivity contribution in [3.63, 3.8) is 0 Å². The van der Waals surface area contributed by atoms with Gasteiger partial charge < -0.3 is 20.5 Å². The molecule has 0 unspecified atom stereocenters. The van der Waals surface area contributed by atoms with Crippen LogP contribution in [0, 0.1) is 5.92 Å². The number of hydrogen-bond acceptors (Lipinski definition) is 5. The number of piperidine rings is 1. The molecule has 35 heavy (non-hydrogen) atoms. The molecular weight excluding hydrogens is 438 g/mol. The van der Waals surface area contributed by atoms with Gasteiger partial charge in [-0.05, 0) is 68.2 Å². The molecule has 5 atom stereocenters. The quantitative estimate of drug-likeness (QED) is 0.601. The molecule has 7 rings (SSSR count). The zero-order valence-corrected chi connectivity index (χ0v) is 20.4. The second kappa shape index (κ2) is 7.71. The summed E-state index contributed by atoms with van der Waals surface area (Å²) < 4.78 is 6.76. The molecule has 6 heteroatoms. The van der Waals surface area contributed by atoms with Crippen molar-refractivity contribution in [3.05, 3.63) is 59.2 Å². The van der Waals surface area contributed by atoms with Crippen LogP contribution in [0.2, 0.25) is 0 Å². The van der Waals surface area contributed by atoms with E-state index in [4.69, 9.17) is 4.74 Å². The number of ether oxygens (including phenoxy) is 1. The molecule has 1 saturated heterocycles. The number of rotatable bonds is 6. The van der Waals surface area contributed by atoms with Crippen molar-refractivity contribution in [3.8, 4) is 11.5 Å².